The maximum Gasteiger partial charge on any atom is 0.102 e. The van der Waals surface area contributed by atoms with Crippen LogP contribution in [0.25, 0.3) is 0 Å². The zero-order chi connectivity index (χ0) is 5.54. The van der Waals surface area contributed by atoms with E-state index >= 15 is 0 Å². The Labute approximate surface area is 55.1 Å². The summed E-state index contributed by atoms with van der Waals surface area (Å²) in [5.41, 5.74) is 0. The van der Waals surface area contributed by atoms with Gasteiger partial charge < -0.3 is 5.32 Å². The summed E-state index contributed by atoms with van der Waals surface area (Å²) >= 11 is 0. The van der Waals surface area contributed by atoms with E-state index in [0.717, 1.165) is 0 Å². The molecule has 0 saturated heterocycles. The van der Waals surface area contributed by atoms with Crippen molar-refractivity contribution in [1.29, 1.82) is 0 Å². The largest absolute Gasteiger partial charge is 0.304 e. The Morgan fingerprint density at radius 2 is 2.25 bits per heavy atom. The second kappa shape index (κ2) is 9.88. The standard InChI is InChI=1S/C5H8FN.ClH/c1-2-4-7-5-3-6;/h1,7H,3-5H2;1H. The summed E-state index contributed by atoms with van der Waals surface area (Å²) in [6.07, 6.45) is 4.83. The van der Waals surface area contributed by atoms with Gasteiger partial charge in [-0.1, -0.05) is 5.92 Å². The van der Waals surface area contributed by atoms with E-state index < -0.39 is 0 Å². The van der Waals surface area contributed by atoms with Gasteiger partial charge in [-0.25, -0.2) is 4.39 Å². The molecule has 0 radical (unpaired) electrons. The van der Waals surface area contributed by atoms with Crippen LogP contribution in [0.15, 0.2) is 0 Å². The lowest BCUT2D eigenvalue weighted by atomic mass is 10.6. The van der Waals surface area contributed by atoms with Crippen molar-refractivity contribution in [1.82, 2.24) is 5.32 Å². The Balaban J connectivity index is 0. The van der Waals surface area contributed by atoms with Crippen molar-refractivity contribution in [3.8, 4) is 12.3 Å². The monoisotopic (exact) mass is 137 g/mol. The second-order valence-corrected chi connectivity index (χ2v) is 1.07. The van der Waals surface area contributed by atoms with E-state index in [2.05, 4.69) is 11.2 Å². The molecule has 8 heavy (non-hydrogen) atoms. The molecule has 0 heterocycles. The van der Waals surface area contributed by atoms with E-state index in [0.29, 0.717) is 13.1 Å². The van der Waals surface area contributed by atoms with Crippen LogP contribution in [0.2, 0.25) is 0 Å². The maximum absolute atomic E-state index is 11.2. The first-order valence-electron chi connectivity index (χ1n) is 2.12. The molecule has 0 unspecified atom stereocenters. The summed E-state index contributed by atoms with van der Waals surface area (Å²) in [6, 6.07) is 0. The van der Waals surface area contributed by atoms with Crippen molar-refractivity contribution in [2.24, 2.45) is 0 Å². The molecule has 0 aliphatic carbocycles. The first kappa shape index (κ1) is 10.7. The lowest BCUT2D eigenvalue weighted by Crippen LogP contribution is -2.16. The van der Waals surface area contributed by atoms with Gasteiger partial charge in [-0.05, 0) is 0 Å². The third kappa shape index (κ3) is 9.22. The van der Waals surface area contributed by atoms with Crippen LogP contribution < -0.4 is 5.32 Å². The maximum atomic E-state index is 11.2. The molecule has 0 aliphatic heterocycles. The van der Waals surface area contributed by atoms with Crippen LogP contribution in [0.3, 0.4) is 0 Å². The zero-order valence-electron chi connectivity index (χ0n) is 4.48. The van der Waals surface area contributed by atoms with Gasteiger partial charge in [0.1, 0.15) is 6.67 Å². The fourth-order valence-corrected chi connectivity index (χ4v) is 0.227. The summed E-state index contributed by atoms with van der Waals surface area (Å²) in [7, 11) is 0. The smallest absolute Gasteiger partial charge is 0.102 e. The van der Waals surface area contributed by atoms with Gasteiger partial charge in [0.05, 0.1) is 6.54 Å². The average molecular weight is 138 g/mol. The van der Waals surface area contributed by atoms with Crippen molar-refractivity contribution < 1.29 is 4.39 Å². The highest BCUT2D eigenvalue weighted by Crippen LogP contribution is 1.59. The number of rotatable bonds is 3. The van der Waals surface area contributed by atoms with Crippen molar-refractivity contribution in [3.05, 3.63) is 0 Å². The molecular formula is C5H9ClFN. The molecule has 48 valence electrons. The molecule has 1 nitrogen and oxygen atoms in total. The lowest BCUT2D eigenvalue weighted by Gasteiger charge is -1.89. The molecule has 0 saturated carbocycles. The van der Waals surface area contributed by atoms with E-state index in [1.807, 2.05) is 0 Å². The molecule has 0 amide bonds. The van der Waals surface area contributed by atoms with Crippen LogP contribution in [0.4, 0.5) is 4.39 Å². The number of halogens is 2. The number of terminal acetylenes is 1. The van der Waals surface area contributed by atoms with Crippen LogP contribution in [-0.2, 0) is 0 Å². The van der Waals surface area contributed by atoms with Gasteiger partial charge in [-0.15, -0.1) is 18.8 Å². The average Bonchev–Trinajstić information content (AvgIpc) is 1.69. The molecule has 1 N–H and O–H groups in total. The lowest BCUT2D eigenvalue weighted by molar-refractivity contribution is 0.476. The molecule has 0 aromatic rings. The van der Waals surface area contributed by atoms with Gasteiger partial charge in [0.2, 0.25) is 0 Å². The highest BCUT2D eigenvalue weighted by molar-refractivity contribution is 5.85. The van der Waals surface area contributed by atoms with E-state index in [-0.39, 0.29) is 19.1 Å². The van der Waals surface area contributed by atoms with E-state index in [1.165, 1.54) is 0 Å². The summed E-state index contributed by atoms with van der Waals surface area (Å²) in [6.45, 7) is 0.482. The van der Waals surface area contributed by atoms with Crippen LogP contribution in [0.5, 0.6) is 0 Å². The predicted molar refractivity (Wildman–Crippen MR) is 34.9 cm³/mol. The first-order chi connectivity index (χ1) is 3.41. The van der Waals surface area contributed by atoms with Crippen LogP contribution in [-0.4, -0.2) is 19.8 Å². The van der Waals surface area contributed by atoms with Crippen LogP contribution in [0.1, 0.15) is 0 Å². The molecule has 0 atom stereocenters. The second-order valence-electron chi connectivity index (χ2n) is 1.07. The SMILES string of the molecule is C#CCNCCF.Cl. The Bertz CT molecular complexity index is 69.3. The van der Waals surface area contributed by atoms with Gasteiger partial charge in [-0.2, -0.15) is 0 Å². The summed E-state index contributed by atoms with van der Waals surface area (Å²) in [5.74, 6) is 2.32. The predicted octanol–water partition coefficient (Wildman–Crippen LogP) is 0.601. The summed E-state index contributed by atoms with van der Waals surface area (Å²) in [5, 5.41) is 2.67. The molecule has 0 aromatic heterocycles. The topological polar surface area (TPSA) is 12.0 Å². The Morgan fingerprint density at radius 1 is 1.62 bits per heavy atom. The third-order valence-electron chi connectivity index (χ3n) is 0.498. The number of nitrogens with one attached hydrogen (secondary N) is 1. The van der Waals surface area contributed by atoms with Crippen LogP contribution in [0, 0.1) is 12.3 Å². The minimum atomic E-state index is -0.346. The zero-order valence-corrected chi connectivity index (χ0v) is 5.30. The van der Waals surface area contributed by atoms with Crippen molar-refractivity contribution in [2.75, 3.05) is 19.8 Å². The van der Waals surface area contributed by atoms with Gasteiger partial charge in [0.25, 0.3) is 0 Å². The fourth-order valence-electron chi connectivity index (χ4n) is 0.227. The molecule has 0 rings (SSSR count). The fraction of sp³-hybridized carbons (Fsp3) is 0.600. The van der Waals surface area contributed by atoms with E-state index in [1.54, 1.807) is 0 Å². The van der Waals surface area contributed by atoms with Gasteiger partial charge in [0.15, 0.2) is 0 Å². The number of hydrogen-bond acceptors (Lipinski definition) is 1. The van der Waals surface area contributed by atoms with E-state index in [4.69, 9.17) is 6.42 Å². The molecular weight excluding hydrogens is 129 g/mol. The summed E-state index contributed by atoms with van der Waals surface area (Å²) in [4.78, 5) is 0. The molecule has 3 heteroatoms. The molecule has 0 aromatic carbocycles. The van der Waals surface area contributed by atoms with Crippen LogP contribution >= 0.6 is 12.4 Å². The highest BCUT2D eigenvalue weighted by atomic mass is 35.5. The minimum Gasteiger partial charge on any atom is -0.304 e. The summed E-state index contributed by atoms with van der Waals surface area (Å²) < 4.78 is 11.2. The Kier molecular flexibility index (Phi) is 13.2. The normalized spacial score (nSPS) is 7.00. The van der Waals surface area contributed by atoms with Gasteiger partial charge >= 0.3 is 0 Å². The van der Waals surface area contributed by atoms with E-state index in [9.17, 15) is 4.39 Å². The Hall–Kier alpha value is -0.260. The molecule has 0 bridgehead atoms. The van der Waals surface area contributed by atoms with Crippen molar-refractivity contribution >= 4 is 12.4 Å². The molecule has 0 aliphatic rings. The van der Waals surface area contributed by atoms with Crippen molar-refractivity contribution in [2.45, 2.75) is 0 Å². The highest BCUT2D eigenvalue weighted by Gasteiger charge is 1.76. The van der Waals surface area contributed by atoms with Gasteiger partial charge in [-0.3, -0.25) is 0 Å². The quantitative estimate of drug-likeness (QED) is 0.444. The third-order valence-corrected chi connectivity index (χ3v) is 0.498. The molecule has 0 spiro atoms. The number of hydrogen-bond donors (Lipinski definition) is 1. The minimum absolute atomic E-state index is 0. The molecule has 0 fully saturated rings. The van der Waals surface area contributed by atoms with Gasteiger partial charge in [0, 0.05) is 6.54 Å². The number of alkyl halides is 1. The Morgan fingerprint density at radius 3 is 2.62 bits per heavy atom. The first-order valence-corrected chi connectivity index (χ1v) is 2.12. The van der Waals surface area contributed by atoms with Crippen molar-refractivity contribution in [3.63, 3.8) is 0 Å².